The summed E-state index contributed by atoms with van der Waals surface area (Å²) in [5.41, 5.74) is 9.33. The van der Waals surface area contributed by atoms with E-state index in [-0.39, 0.29) is 11.6 Å². The van der Waals surface area contributed by atoms with E-state index in [9.17, 15) is 5.11 Å². The summed E-state index contributed by atoms with van der Waals surface area (Å²) in [5.74, 6) is 0.628. The van der Waals surface area contributed by atoms with E-state index in [0.717, 1.165) is 16.7 Å². The van der Waals surface area contributed by atoms with Crippen molar-refractivity contribution in [3.63, 3.8) is 0 Å². The molecular formula is C16H18N3O+. The van der Waals surface area contributed by atoms with E-state index in [1.54, 1.807) is 18.2 Å². The Kier molecular flexibility index (Phi) is 3.84. The highest BCUT2D eigenvalue weighted by Gasteiger charge is 2.16. The van der Waals surface area contributed by atoms with Crippen LogP contribution in [0.25, 0.3) is 0 Å². The van der Waals surface area contributed by atoms with E-state index in [1.807, 2.05) is 38.1 Å². The third kappa shape index (κ3) is 2.85. The topological polar surface area (TPSA) is 84.2 Å². The number of benzene rings is 2. The molecule has 0 heterocycles. The zero-order valence-electron chi connectivity index (χ0n) is 11.6. The van der Waals surface area contributed by atoms with Crippen molar-refractivity contribution in [2.45, 2.75) is 13.8 Å². The Hall–Kier alpha value is -2.62. The zero-order chi connectivity index (χ0) is 14.7. The van der Waals surface area contributed by atoms with E-state index >= 15 is 0 Å². The summed E-state index contributed by atoms with van der Waals surface area (Å²) in [4.78, 5) is 4.21. The lowest BCUT2D eigenvalue weighted by Crippen LogP contribution is -2.40. The van der Waals surface area contributed by atoms with Gasteiger partial charge in [-0.2, -0.15) is 0 Å². The average molecular weight is 268 g/mol. The summed E-state index contributed by atoms with van der Waals surface area (Å²) in [7, 11) is 0. The number of nitrogens with two attached hydrogens (primary N) is 2. The van der Waals surface area contributed by atoms with Gasteiger partial charge in [0.2, 0.25) is 5.84 Å². The molecule has 0 aromatic heterocycles. The van der Waals surface area contributed by atoms with Crippen molar-refractivity contribution in [3.8, 4) is 5.75 Å². The minimum Gasteiger partial charge on any atom is -0.507 e. The van der Waals surface area contributed by atoms with Gasteiger partial charge in [-0.25, -0.2) is 0 Å². The summed E-state index contributed by atoms with van der Waals surface area (Å²) in [6.07, 6.45) is 0. The Morgan fingerprint density at radius 1 is 1.10 bits per heavy atom. The Bertz CT molecular complexity index is 690. The van der Waals surface area contributed by atoms with Crippen LogP contribution in [0.1, 0.15) is 22.3 Å². The van der Waals surface area contributed by atoms with Crippen molar-refractivity contribution >= 4 is 11.7 Å². The van der Waals surface area contributed by atoms with Crippen LogP contribution in [0.3, 0.4) is 0 Å². The first-order valence-electron chi connectivity index (χ1n) is 6.31. The molecule has 0 saturated heterocycles. The van der Waals surface area contributed by atoms with Gasteiger partial charge in [-0.3, -0.25) is 5.41 Å². The fourth-order valence-corrected chi connectivity index (χ4v) is 1.97. The summed E-state index contributed by atoms with van der Waals surface area (Å²) in [6, 6.07) is 12.9. The molecule has 5 N–H and O–H groups in total. The van der Waals surface area contributed by atoms with Gasteiger partial charge in [-0.1, -0.05) is 24.3 Å². The minimum atomic E-state index is 0.0921. The highest BCUT2D eigenvalue weighted by atomic mass is 16.3. The zero-order valence-corrected chi connectivity index (χ0v) is 11.6. The maximum atomic E-state index is 9.83. The summed E-state index contributed by atoms with van der Waals surface area (Å²) < 4.78 is 0. The number of rotatable bonds is 2. The van der Waals surface area contributed by atoms with Crippen LogP contribution in [0.2, 0.25) is 0 Å². The molecule has 0 fully saturated rings. The second-order valence-electron chi connectivity index (χ2n) is 4.72. The molecule has 0 aliphatic carbocycles. The van der Waals surface area contributed by atoms with Crippen LogP contribution in [-0.2, 0) is 0 Å². The molecule has 0 atom stereocenters. The predicted molar refractivity (Wildman–Crippen MR) is 80.8 cm³/mol. The number of hydrogen-bond acceptors (Lipinski definition) is 1. The molecule has 0 amide bonds. The SMILES string of the molecule is Cc1ccc(O)c(C(=[NH2+])N=C(N)c2ccccc2C)c1. The third-order valence-electron chi connectivity index (χ3n) is 3.09. The molecular weight excluding hydrogens is 250 g/mol. The molecule has 0 spiro atoms. The molecule has 20 heavy (non-hydrogen) atoms. The van der Waals surface area contributed by atoms with Crippen molar-refractivity contribution < 1.29 is 10.5 Å². The molecule has 2 aromatic carbocycles. The predicted octanol–water partition coefficient (Wildman–Crippen LogP) is 0.920. The van der Waals surface area contributed by atoms with Crippen LogP contribution in [0.4, 0.5) is 0 Å². The second-order valence-corrected chi connectivity index (χ2v) is 4.72. The van der Waals surface area contributed by atoms with Gasteiger partial charge in [0, 0.05) is 5.56 Å². The summed E-state index contributed by atoms with van der Waals surface area (Å²) in [5, 5.41) is 15.8. The standard InChI is InChI=1S/C16H17N3O/c1-10-7-8-14(20)13(9-10)16(18)19-15(17)12-6-4-3-5-11(12)2/h3-9,20H,1-2H3,(H3,17,18,19)/p+1. The number of nitrogens with zero attached hydrogens (tertiary/aromatic N) is 1. The fourth-order valence-electron chi connectivity index (χ4n) is 1.97. The molecule has 2 aromatic rings. The van der Waals surface area contributed by atoms with Crippen LogP contribution in [0.5, 0.6) is 5.75 Å². The van der Waals surface area contributed by atoms with Crippen molar-refractivity contribution in [3.05, 3.63) is 64.7 Å². The van der Waals surface area contributed by atoms with Crippen LogP contribution in [0.15, 0.2) is 47.5 Å². The Morgan fingerprint density at radius 2 is 1.80 bits per heavy atom. The van der Waals surface area contributed by atoms with E-state index in [4.69, 9.17) is 11.1 Å². The van der Waals surface area contributed by atoms with Crippen molar-refractivity contribution in [2.24, 2.45) is 10.7 Å². The molecule has 102 valence electrons. The lowest BCUT2D eigenvalue weighted by Gasteiger charge is -2.02. The Morgan fingerprint density at radius 3 is 2.50 bits per heavy atom. The van der Waals surface area contributed by atoms with E-state index < -0.39 is 0 Å². The lowest BCUT2D eigenvalue weighted by atomic mass is 10.1. The second kappa shape index (κ2) is 5.57. The average Bonchev–Trinajstić information content (AvgIpc) is 2.41. The first-order valence-corrected chi connectivity index (χ1v) is 6.31. The molecule has 0 radical (unpaired) electrons. The van der Waals surface area contributed by atoms with Crippen LogP contribution in [-0.4, -0.2) is 16.8 Å². The van der Waals surface area contributed by atoms with Gasteiger partial charge >= 0.3 is 5.84 Å². The molecule has 2 rings (SSSR count). The number of aryl methyl sites for hydroxylation is 2. The Labute approximate surface area is 118 Å². The molecule has 0 aliphatic heterocycles. The summed E-state index contributed by atoms with van der Waals surface area (Å²) in [6.45, 7) is 3.88. The monoisotopic (exact) mass is 268 g/mol. The summed E-state index contributed by atoms with van der Waals surface area (Å²) >= 11 is 0. The number of amidine groups is 2. The molecule has 0 unspecified atom stereocenters. The number of phenols is 1. The Balaban J connectivity index is 2.37. The smallest absolute Gasteiger partial charge is 0.327 e. The first-order chi connectivity index (χ1) is 9.49. The minimum absolute atomic E-state index is 0.0921. The van der Waals surface area contributed by atoms with Crippen LogP contribution < -0.4 is 11.1 Å². The number of phenolic OH excluding ortho intramolecular Hbond substituents is 1. The van der Waals surface area contributed by atoms with E-state index in [2.05, 4.69) is 4.99 Å². The van der Waals surface area contributed by atoms with Crippen molar-refractivity contribution in [2.75, 3.05) is 0 Å². The molecule has 0 saturated carbocycles. The fraction of sp³-hybridized carbons (Fsp3) is 0.125. The largest absolute Gasteiger partial charge is 0.507 e. The van der Waals surface area contributed by atoms with Crippen LogP contribution >= 0.6 is 0 Å². The van der Waals surface area contributed by atoms with Gasteiger partial charge < -0.3 is 10.8 Å². The molecule has 0 aliphatic rings. The maximum Gasteiger partial charge on any atom is 0.327 e. The quantitative estimate of drug-likeness (QED) is 0.559. The van der Waals surface area contributed by atoms with Crippen LogP contribution in [0, 0.1) is 13.8 Å². The molecule has 4 heteroatoms. The number of aromatic hydroxyl groups is 1. The van der Waals surface area contributed by atoms with Gasteiger partial charge in [0.25, 0.3) is 0 Å². The van der Waals surface area contributed by atoms with Crippen molar-refractivity contribution in [1.29, 1.82) is 0 Å². The third-order valence-corrected chi connectivity index (χ3v) is 3.09. The first kappa shape index (κ1) is 13.8. The van der Waals surface area contributed by atoms with Gasteiger partial charge in [-0.15, -0.1) is 0 Å². The van der Waals surface area contributed by atoms with Gasteiger partial charge in [0.15, 0.2) is 0 Å². The van der Waals surface area contributed by atoms with Gasteiger partial charge in [-0.05, 0) is 48.2 Å². The van der Waals surface area contributed by atoms with Gasteiger partial charge in [0.1, 0.15) is 11.3 Å². The van der Waals surface area contributed by atoms with Crippen molar-refractivity contribution in [1.82, 2.24) is 0 Å². The number of aliphatic imine (C=N–C) groups is 1. The number of hydrogen-bond donors (Lipinski definition) is 3. The van der Waals surface area contributed by atoms with E-state index in [0.29, 0.717) is 11.4 Å². The highest BCUT2D eigenvalue weighted by molar-refractivity contribution is 6.10. The van der Waals surface area contributed by atoms with E-state index in [1.165, 1.54) is 0 Å². The highest BCUT2D eigenvalue weighted by Crippen LogP contribution is 2.18. The van der Waals surface area contributed by atoms with Gasteiger partial charge in [0.05, 0.1) is 0 Å². The normalized spacial score (nSPS) is 11.4. The lowest BCUT2D eigenvalue weighted by molar-refractivity contribution is -0.114. The molecule has 4 nitrogen and oxygen atoms in total. The molecule has 0 bridgehead atoms. The maximum absolute atomic E-state index is 9.83.